The molecule has 1 aliphatic carbocycles. The quantitative estimate of drug-likeness (QED) is 0.152. The topological polar surface area (TPSA) is 52.6 Å². The molecule has 0 aliphatic heterocycles. The van der Waals surface area contributed by atoms with Gasteiger partial charge in [0.15, 0.2) is 0 Å². The van der Waals surface area contributed by atoms with Crippen molar-refractivity contribution in [3.8, 4) is 44.5 Å². The molecule has 0 N–H and O–H groups in total. The Morgan fingerprint density at radius 2 is 1.07 bits per heavy atom. The zero-order valence-corrected chi connectivity index (χ0v) is 42.9. The molecule has 0 saturated heterocycles. The lowest BCUT2D eigenvalue weighted by molar-refractivity contribution is 0.548. The third kappa shape index (κ3) is 6.91. The Bertz CT molecular complexity index is 4780. The zero-order valence-electron chi connectivity index (χ0n) is 42.9. The molecule has 4 nitrogen and oxygen atoms in total. The first-order valence-corrected chi connectivity index (χ1v) is 26.2. The van der Waals surface area contributed by atoms with Crippen LogP contribution in [0.5, 0.6) is 0 Å². The molecule has 0 saturated carbocycles. The van der Waals surface area contributed by atoms with Crippen LogP contribution in [-0.4, -0.2) is 0 Å². The highest BCUT2D eigenvalue weighted by Crippen LogP contribution is 2.48. The second-order valence-corrected chi connectivity index (χ2v) is 20.2. The lowest BCUT2D eigenvalue weighted by Gasteiger charge is -2.19. The number of hydrogen-bond donors (Lipinski definition) is 0. The SMILES string of the molecule is C=Cc1oc2ccc(-c3cc(-c4ccc5oc6ccccc6c5c4)c4oc5c(-c6ccc(C)c(-c7ccccc7C)c6)cc(C6=Cc7c(oc8ccccc78)CC6)c6cccc(/c(=C/C)c4c3C=C)c65)cc2c1/C=C\C. The van der Waals surface area contributed by atoms with E-state index in [1.165, 1.54) is 33.4 Å². The third-order valence-corrected chi connectivity index (χ3v) is 15.9. The minimum Gasteiger partial charge on any atom is -0.460 e. The molecule has 0 atom stereocenters. The summed E-state index contributed by atoms with van der Waals surface area (Å²) in [6.45, 7) is 17.3. The summed E-state index contributed by atoms with van der Waals surface area (Å²) in [5, 5.41) is 9.57. The Hall–Kier alpha value is -9.38. The number of para-hydroxylation sites is 2. The number of allylic oxidation sites excluding steroid dienone is 2. The number of hydrogen-bond acceptors (Lipinski definition) is 4. The van der Waals surface area contributed by atoms with Crippen LogP contribution in [0.15, 0.2) is 195 Å². The van der Waals surface area contributed by atoms with Gasteiger partial charge in [0.25, 0.3) is 0 Å². The van der Waals surface area contributed by atoms with Gasteiger partial charge in [-0.2, -0.15) is 0 Å². The van der Waals surface area contributed by atoms with Crippen molar-refractivity contribution >= 4 is 113 Å². The lowest BCUT2D eigenvalue weighted by Crippen LogP contribution is -2.05. The Balaban J connectivity index is 1.16. The number of aryl methyl sites for hydroxylation is 3. The standard InChI is InChI=1S/C72H52O4/c1-7-18-50-60-36-43(29-32-66(60)73-63(50)10-4)56-39-58(46-31-34-68-62(38-46)52-22-14-16-26-65(52)75-68)71-69(48(56)9-3)47(8-2)53-23-17-24-54-57(44-30-33-67-61(37-44)51-21-13-15-25-64(51)74-67)40-59(72(76-71)70(53)54)45-28-27-42(6)55(35-45)49-20-12-11-19-41(49)5/h7-29,31-32,34-40H,3-4,30,33H2,1-2,5-6H3/b18-7-,47-8-. The normalized spacial score (nSPS) is 13.1. The van der Waals surface area contributed by atoms with E-state index in [4.69, 9.17) is 17.7 Å². The van der Waals surface area contributed by atoms with E-state index in [2.05, 4.69) is 198 Å². The summed E-state index contributed by atoms with van der Waals surface area (Å²) in [6, 6.07) is 56.7. The fraction of sp³-hybridized carbons (Fsp3) is 0.0833. The molecule has 0 fully saturated rings. The van der Waals surface area contributed by atoms with Crippen LogP contribution in [0.2, 0.25) is 0 Å². The molecule has 76 heavy (non-hydrogen) atoms. The second kappa shape index (κ2) is 17.6. The molecule has 364 valence electrons. The van der Waals surface area contributed by atoms with Gasteiger partial charge in [0.05, 0.1) is 0 Å². The van der Waals surface area contributed by atoms with Crippen LogP contribution in [0.25, 0.3) is 157 Å². The zero-order chi connectivity index (χ0) is 51.3. The maximum absolute atomic E-state index is 7.99. The fourth-order valence-corrected chi connectivity index (χ4v) is 12.3. The first-order chi connectivity index (χ1) is 37.3. The second-order valence-electron chi connectivity index (χ2n) is 20.2. The van der Waals surface area contributed by atoms with Crippen molar-refractivity contribution in [1.82, 2.24) is 0 Å². The van der Waals surface area contributed by atoms with Crippen LogP contribution < -0.4 is 5.22 Å². The Labute approximate surface area is 440 Å². The first-order valence-electron chi connectivity index (χ1n) is 26.2. The van der Waals surface area contributed by atoms with Gasteiger partial charge in [-0.3, -0.25) is 0 Å². The monoisotopic (exact) mass is 980 g/mol. The van der Waals surface area contributed by atoms with Gasteiger partial charge in [-0.25, -0.2) is 0 Å². The van der Waals surface area contributed by atoms with E-state index in [9.17, 15) is 0 Å². The minimum absolute atomic E-state index is 0.741. The Morgan fingerprint density at radius 3 is 1.84 bits per heavy atom. The van der Waals surface area contributed by atoms with Crippen molar-refractivity contribution < 1.29 is 17.7 Å². The summed E-state index contributed by atoms with van der Waals surface area (Å²) in [4.78, 5) is 0. The van der Waals surface area contributed by atoms with E-state index in [-0.39, 0.29) is 0 Å². The molecule has 14 rings (SSSR count). The molecule has 4 heteroatoms. The van der Waals surface area contributed by atoms with Crippen LogP contribution in [0.3, 0.4) is 0 Å². The van der Waals surface area contributed by atoms with Crippen LogP contribution >= 0.6 is 0 Å². The van der Waals surface area contributed by atoms with E-state index in [0.717, 1.165) is 156 Å². The van der Waals surface area contributed by atoms with Crippen molar-refractivity contribution in [1.29, 1.82) is 0 Å². The van der Waals surface area contributed by atoms with Gasteiger partial charge in [-0.1, -0.05) is 141 Å². The maximum atomic E-state index is 7.99. The number of furan rings is 3. The Kier molecular flexibility index (Phi) is 10.5. The number of fused-ring (bicyclic) bond motifs is 8. The molecule has 0 radical (unpaired) electrons. The molecule has 0 unspecified atom stereocenters. The van der Waals surface area contributed by atoms with Crippen molar-refractivity contribution in [2.45, 2.75) is 40.5 Å². The number of rotatable bonds is 8. The summed E-state index contributed by atoms with van der Waals surface area (Å²) in [5.41, 5.74) is 21.5. The summed E-state index contributed by atoms with van der Waals surface area (Å²) in [5.74, 6) is 1.78. The molecular weight excluding hydrogens is 929 g/mol. The van der Waals surface area contributed by atoms with Crippen LogP contribution in [0.4, 0.5) is 0 Å². The highest BCUT2D eigenvalue weighted by molar-refractivity contribution is 6.20. The molecule has 9 aromatic carbocycles. The highest BCUT2D eigenvalue weighted by Gasteiger charge is 2.26. The van der Waals surface area contributed by atoms with Crippen molar-refractivity contribution in [3.63, 3.8) is 0 Å². The van der Waals surface area contributed by atoms with E-state index >= 15 is 0 Å². The van der Waals surface area contributed by atoms with Crippen LogP contribution in [0, 0.1) is 13.8 Å². The fourth-order valence-electron chi connectivity index (χ4n) is 12.3. The summed E-state index contributed by atoms with van der Waals surface area (Å²) in [7, 11) is 0. The lowest BCUT2D eigenvalue weighted by atomic mass is 9.85. The molecule has 4 aromatic heterocycles. The third-order valence-electron chi connectivity index (χ3n) is 15.9. The maximum Gasteiger partial charge on any atom is 0.143 e. The van der Waals surface area contributed by atoms with Crippen molar-refractivity contribution in [2.24, 2.45) is 0 Å². The van der Waals surface area contributed by atoms with E-state index in [1.54, 1.807) is 6.08 Å². The van der Waals surface area contributed by atoms with Crippen molar-refractivity contribution in [3.05, 3.63) is 227 Å². The van der Waals surface area contributed by atoms with Gasteiger partial charge in [0.2, 0.25) is 0 Å². The summed E-state index contributed by atoms with van der Waals surface area (Å²) < 4.78 is 27.3. The van der Waals surface area contributed by atoms with Gasteiger partial charge >= 0.3 is 0 Å². The van der Waals surface area contributed by atoms with Gasteiger partial charge < -0.3 is 17.7 Å². The first kappa shape index (κ1) is 45.3. The predicted octanol–water partition coefficient (Wildman–Crippen LogP) is 20.3. The summed E-state index contributed by atoms with van der Waals surface area (Å²) in [6.07, 6.45) is 14.2. The highest BCUT2D eigenvalue weighted by atomic mass is 16.3. The van der Waals surface area contributed by atoms with Gasteiger partial charge in [0, 0.05) is 61.0 Å². The molecule has 1 aliphatic rings. The average molecular weight is 981 g/mol. The van der Waals surface area contributed by atoms with Crippen LogP contribution in [-0.2, 0) is 6.42 Å². The van der Waals surface area contributed by atoms with E-state index in [0.29, 0.717) is 0 Å². The van der Waals surface area contributed by atoms with Gasteiger partial charge in [-0.05, 0) is 178 Å². The van der Waals surface area contributed by atoms with Gasteiger partial charge in [0.1, 0.15) is 45.0 Å². The average Bonchev–Trinajstić information content (AvgIpc) is 4.11. The van der Waals surface area contributed by atoms with E-state index in [1.807, 2.05) is 31.2 Å². The number of benzene rings is 9. The molecule has 0 spiro atoms. The molecule has 0 amide bonds. The molecule has 4 heterocycles. The Morgan fingerprint density at radius 1 is 0.434 bits per heavy atom. The molecular formula is C72H52O4. The molecule has 13 aromatic rings. The van der Waals surface area contributed by atoms with Crippen molar-refractivity contribution in [2.75, 3.05) is 0 Å². The van der Waals surface area contributed by atoms with Gasteiger partial charge in [-0.15, -0.1) is 0 Å². The summed E-state index contributed by atoms with van der Waals surface area (Å²) >= 11 is 0. The largest absolute Gasteiger partial charge is 0.460 e. The molecule has 0 bridgehead atoms. The van der Waals surface area contributed by atoms with Crippen LogP contribution in [0.1, 0.15) is 65.2 Å². The smallest absolute Gasteiger partial charge is 0.143 e. The predicted molar refractivity (Wildman–Crippen MR) is 321 cm³/mol. The van der Waals surface area contributed by atoms with E-state index < -0.39 is 0 Å². The minimum atomic E-state index is 0.741.